The topological polar surface area (TPSA) is 41.3 Å². The first-order valence-corrected chi connectivity index (χ1v) is 10.7. The Hall–Kier alpha value is -2.33. The van der Waals surface area contributed by atoms with Crippen LogP contribution in [0.4, 0.5) is 4.39 Å². The zero-order valence-electron chi connectivity index (χ0n) is 17.8. The van der Waals surface area contributed by atoms with Crippen molar-refractivity contribution < 1.29 is 4.39 Å². The fourth-order valence-corrected chi connectivity index (χ4v) is 3.95. The number of allylic oxidation sites excluding steroid dienone is 3. The summed E-state index contributed by atoms with van der Waals surface area (Å²) >= 11 is 0. The molecule has 2 fully saturated rings. The van der Waals surface area contributed by atoms with Crippen molar-refractivity contribution in [1.29, 1.82) is 0 Å². The highest BCUT2D eigenvalue weighted by atomic mass is 19.1. The first kappa shape index (κ1) is 21.4. The van der Waals surface area contributed by atoms with Gasteiger partial charge in [0.25, 0.3) is 0 Å². The lowest BCUT2D eigenvalue weighted by Gasteiger charge is -2.42. The van der Waals surface area contributed by atoms with E-state index in [1.165, 1.54) is 18.4 Å². The average Bonchev–Trinajstić information content (AvgIpc) is 3.48. The Kier molecular flexibility index (Phi) is 6.96. The van der Waals surface area contributed by atoms with Crippen LogP contribution in [0.3, 0.4) is 0 Å². The summed E-state index contributed by atoms with van der Waals surface area (Å²) in [4.78, 5) is 2.19. The molecule has 3 rings (SSSR count). The van der Waals surface area contributed by atoms with E-state index in [9.17, 15) is 4.39 Å². The van der Waals surface area contributed by atoms with E-state index in [2.05, 4.69) is 29.5 Å². The highest BCUT2D eigenvalue weighted by Crippen LogP contribution is 2.30. The minimum absolute atomic E-state index is 0.200. The molecular formula is C25H34FN3. The third-order valence-electron chi connectivity index (χ3n) is 5.97. The second kappa shape index (κ2) is 9.45. The van der Waals surface area contributed by atoms with Gasteiger partial charge in [0.1, 0.15) is 5.82 Å². The Morgan fingerprint density at radius 1 is 1.24 bits per heavy atom. The molecule has 156 valence electrons. The maximum atomic E-state index is 14.5. The number of hydrogen-bond donors (Lipinski definition) is 2. The third kappa shape index (κ3) is 5.39. The van der Waals surface area contributed by atoms with Crippen LogP contribution in [-0.2, 0) is 6.42 Å². The summed E-state index contributed by atoms with van der Waals surface area (Å²) in [6.45, 7) is 15.0. The van der Waals surface area contributed by atoms with E-state index in [0.717, 1.165) is 55.4 Å². The van der Waals surface area contributed by atoms with Crippen LogP contribution in [-0.4, -0.2) is 30.6 Å². The molecule has 0 bridgehead atoms. The monoisotopic (exact) mass is 395 g/mol. The molecule has 0 aromatic heterocycles. The molecule has 1 saturated heterocycles. The number of nitrogens with one attached hydrogen (secondary N) is 1. The minimum Gasteiger partial charge on any atom is -0.399 e. The van der Waals surface area contributed by atoms with Crippen molar-refractivity contribution in [2.45, 2.75) is 45.6 Å². The Balaban J connectivity index is 1.59. The summed E-state index contributed by atoms with van der Waals surface area (Å²) < 4.78 is 14.5. The molecular weight excluding hydrogens is 361 g/mol. The van der Waals surface area contributed by atoms with Crippen LogP contribution in [0.5, 0.6) is 0 Å². The Morgan fingerprint density at radius 2 is 1.97 bits per heavy atom. The maximum absolute atomic E-state index is 14.5. The van der Waals surface area contributed by atoms with Gasteiger partial charge in [-0.25, -0.2) is 4.39 Å². The predicted octanol–water partition coefficient (Wildman–Crippen LogP) is 4.78. The van der Waals surface area contributed by atoms with E-state index in [4.69, 9.17) is 5.73 Å². The van der Waals surface area contributed by atoms with Gasteiger partial charge in [0.05, 0.1) is 0 Å². The average molecular weight is 396 g/mol. The van der Waals surface area contributed by atoms with E-state index in [-0.39, 0.29) is 5.82 Å². The number of halogens is 1. The first-order valence-electron chi connectivity index (χ1n) is 10.7. The number of aryl methyl sites for hydroxylation is 1. The molecule has 29 heavy (non-hydrogen) atoms. The summed E-state index contributed by atoms with van der Waals surface area (Å²) in [7, 11) is 0. The molecule has 1 aromatic rings. The summed E-state index contributed by atoms with van der Waals surface area (Å²) in [5.41, 5.74) is 11.2. The number of hydrogen-bond acceptors (Lipinski definition) is 3. The van der Waals surface area contributed by atoms with Crippen molar-refractivity contribution in [2.24, 2.45) is 11.7 Å². The fourth-order valence-electron chi connectivity index (χ4n) is 3.95. The van der Waals surface area contributed by atoms with Gasteiger partial charge in [0, 0.05) is 48.6 Å². The van der Waals surface area contributed by atoms with Crippen molar-refractivity contribution in [3.63, 3.8) is 0 Å². The van der Waals surface area contributed by atoms with Gasteiger partial charge < -0.3 is 16.0 Å². The van der Waals surface area contributed by atoms with Crippen LogP contribution in [0.25, 0.3) is 5.70 Å². The zero-order chi connectivity index (χ0) is 21.0. The Labute approximate surface area is 174 Å². The minimum atomic E-state index is -0.200. The smallest absolute Gasteiger partial charge is 0.132 e. The lowest BCUT2D eigenvalue weighted by atomic mass is 9.94. The van der Waals surface area contributed by atoms with E-state index in [0.29, 0.717) is 17.2 Å². The van der Waals surface area contributed by atoms with E-state index in [1.54, 1.807) is 6.07 Å². The maximum Gasteiger partial charge on any atom is 0.132 e. The summed E-state index contributed by atoms with van der Waals surface area (Å²) in [5, 5.41) is 3.58. The lowest BCUT2D eigenvalue weighted by molar-refractivity contribution is 0.171. The molecule has 1 aromatic carbocycles. The van der Waals surface area contributed by atoms with Gasteiger partial charge in [-0.05, 0) is 68.4 Å². The predicted molar refractivity (Wildman–Crippen MR) is 121 cm³/mol. The van der Waals surface area contributed by atoms with Crippen LogP contribution >= 0.6 is 0 Å². The molecule has 1 aliphatic heterocycles. The molecule has 3 N–H and O–H groups in total. The summed E-state index contributed by atoms with van der Waals surface area (Å²) in [6, 6.07) is 6.12. The first-order chi connectivity index (χ1) is 13.9. The van der Waals surface area contributed by atoms with Crippen LogP contribution in [0.15, 0.2) is 60.4 Å². The van der Waals surface area contributed by atoms with Gasteiger partial charge in [-0.2, -0.15) is 0 Å². The number of rotatable bonds is 10. The molecule has 0 atom stereocenters. The van der Waals surface area contributed by atoms with Crippen molar-refractivity contribution in [1.82, 2.24) is 10.2 Å². The molecule has 4 heteroatoms. The van der Waals surface area contributed by atoms with Crippen molar-refractivity contribution in [2.75, 3.05) is 19.6 Å². The zero-order valence-corrected chi connectivity index (χ0v) is 17.8. The second-order valence-electron chi connectivity index (χ2n) is 8.26. The fraction of sp³-hybridized carbons (Fsp3) is 0.440. The molecule has 0 amide bonds. The summed E-state index contributed by atoms with van der Waals surface area (Å²) in [6.07, 6.45) is 8.35. The second-order valence-corrected chi connectivity index (χ2v) is 8.26. The summed E-state index contributed by atoms with van der Waals surface area (Å²) in [5.74, 6) is 0.438. The quantitative estimate of drug-likeness (QED) is 0.560. The van der Waals surface area contributed by atoms with E-state index in [1.807, 2.05) is 32.1 Å². The molecule has 2 aliphatic rings. The number of benzene rings is 1. The SMILES string of the molecule is C=C(N)C(=C/C)/C(=C\C)CCc1ccc(F)c(C(=C)N2CC(CNC3CC3)C2)c1. The van der Waals surface area contributed by atoms with E-state index < -0.39 is 0 Å². The highest BCUT2D eigenvalue weighted by Gasteiger charge is 2.30. The number of nitrogens with zero attached hydrogens (tertiary/aromatic N) is 1. The molecule has 0 unspecified atom stereocenters. The van der Waals surface area contributed by atoms with Crippen LogP contribution < -0.4 is 11.1 Å². The molecule has 1 heterocycles. The normalized spacial score (nSPS) is 18.0. The largest absolute Gasteiger partial charge is 0.399 e. The van der Waals surface area contributed by atoms with Crippen molar-refractivity contribution in [3.8, 4) is 0 Å². The van der Waals surface area contributed by atoms with Gasteiger partial charge >= 0.3 is 0 Å². The van der Waals surface area contributed by atoms with Gasteiger partial charge in [0.15, 0.2) is 0 Å². The molecule has 0 radical (unpaired) electrons. The van der Waals surface area contributed by atoms with Gasteiger partial charge in [-0.1, -0.05) is 31.4 Å². The van der Waals surface area contributed by atoms with E-state index >= 15 is 0 Å². The number of likely N-dealkylation sites (tertiary alicyclic amines) is 1. The van der Waals surface area contributed by atoms with Crippen molar-refractivity contribution >= 4 is 5.70 Å². The van der Waals surface area contributed by atoms with Crippen molar-refractivity contribution in [3.05, 3.63) is 77.3 Å². The lowest BCUT2D eigenvalue weighted by Crippen LogP contribution is -2.49. The molecule has 1 aliphatic carbocycles. The molecule has 1 saturated carbocycles. The Bertz CT molecular complexity index is 826. The van der Waals surface area contributed by atoms with Gasteiger partial charge in [0.2, 0.25) is 0 Å². The van der Waals surface area contributed by atoms with Crippen LogP contribution in [0, 0.1) is 11.7 Å². The molecule has 3 nitrogen and oxygen atoms in total. The van der Waals surface area contributed by atoms with Gasteiger partial charge in [-0.3, -0.25) is 0 Å². The van der Waals surface area contributed by atoms with Crippen LogP contribution in [0.2, 0.25) is 0 Å². The van der Waals surface area contributed by atoms with Crippen LogP contribution in [0.1, 0.15) is 44.2 Å². The number of nitrogens with two attached hydrogens (primary N) is 1. The highest BCUT2D eigenvalue weighted by molar-refractivity contribution is 5.64. The third-order valence-corrected chi connectivity index (χ3v) is 5.97. The standard InChI is InChI=1S/C25H34FN3/c1-5-21(23(6-2)17(3)27)9-7-19-8-12-25(26)24(13-19)18(4)29-15-20(16-29)14-28-22-10-11-22/h5-6,8,12-13,20,22,28H,3-4,7,9-11,14-16,27H2,1-2H3/b21-5-,23-6-. The molecule has 0 spiro atoms. The van der Waals surface area contributed by atoms with Gasteiger partial charge in [-0.15, -0.1) is 0 Å². The Morgan fingerprint density at radius 3 is 2.55 bits per heavy atom.